The van der Waals surface area contributed by atoms with Crippen LogP contribution in [-0.4, -0.2) is 49.4 Å². The van der Waals surface area contributed by atoms with Crippen LogP contribution in [0.4, 0.5) is 5.82 Å². The van der Waals surface area contributed by atoms with Gasteiger partial charge in [0.25, 0.3) is 0 Å². The molecule has 9 nitrogen and oxygen atoms in total. The molecular weight excluding hydrogens is 374 g/mol. The Hall–Kier alpha value is -2.75. The Morgan fingerprint density at radius 3 is 2.93 bits per heavy atom. The van der Waals surface area contributed by atoms with Gasteiger partial charge in [-0.15, -0.1) is 0 Å². The summed E-state index contributed by atoms with van der Waals surface area (Å²) in [6.45, 7) is -0.0735. The zero-order valence-electron chi connectivity index (χ0n) is 14.0. The number of carbonyl (C=O) groups excluding carboxylic acids is 1. The number of hydrogen-bond donors (Lipinski definition) is 2. The molecule has 2 aromatic heterocycles. The molecule has 1 aliphatic heterocycles. The minimum absolute atomic E-state index is 0.00589. The van der Waals surface area contributed by atoms with Gasteiger partial charge in [0, 0.05) is 6.42 Å². The lowest BCUT2D eigenvalue weighted by Crippen LogP contribution is -2.28. The molecule has 4 rings (SSSR count). The second-order valence-electron chi connectivity index (χ2n) is 6.10. The summed E-state index contributed by atoms with van der Waals surface area (Å²) >= 11 is 5.87. The quantitative estimate of drug-likeness (QED) is 0.508. The topological polar surface area (TPSA) is 125 Å². The van der Waals surface area contributed by atoms with Gasteiger partial charge < -0.3 is 20.3 Å². The van der Waals surface area contributed by atoms with Crippen LogP contribution < -0.4 is 5.73 Å². The molecule has 3 heterocycles. The monoisotopic (exact) mass is 389 g/mol. The number of aliphatic hydroxyl groups excluding tert-OH is 1. The Bertz CT molecular complexity index is 980. The highest BCUT2D eigenvalue weighted by Gasteiger charge is 2.36. The number of nitrogens with zero attached hydrogens (tertiary/aromatic N) is 4. The van der Waals surface area contributed by atoms with E-state index in [0.717, 1.165) is 0 Å². The molecule has 0 aliphatic carbocycles. The predicted molar refractivity (Wildman–Crippen MR) is 96.0 cm³/mol. The largest absolute Gasteiger partial charge is 0.459 e. The van der Waals surface area contributed by atoms with Crippen molar-refractivity contribution in [1.29, 1.82) is 0 Å². The van der Waals surface area contributed by atoms with Crippen molar-refractivity contribution < 1.29 is 19.4 Å². The number of nitrogens with two attached hydrogens (primary N) is 1. The van der Waals surface area contributed by atoms with Gasteiger partial charge in [-0.2, -0.15) is 9.97 Å². The Balaban J connectivity index is 1.46. The van der Waals surface area contributed by atoms with Crippen molar-refractivity contribution in [3.8, 4) is 0 Å². The number of fused-ring (bicyclic) bond motifs is 1. The van der Waals surface area contributed by atoms with Crippen LogP contribution in [0.15, 0.2) is 36.7 Å². The van der Waals surface area contributed by atoms with Crippen LogP contribution in [-0.2, 0) is 9.47 Å². The highest BCUT2D eigenvalue weighted by Crippen LogP contribution is 2.32. The maximum atomic E-state index is 12.0. The van der Waals surface area contributed by atoms with Crippen LogP contribution in [0, 0.1) is 0 Å². The molecule has 1 saturated heterocycles. The van der Waals surface area contributed by atoms with E-state index in [9.17, 15) is 9.90 Å². The fourth-order valence-corrected chi connectivity index (χ4v) is 3.14. The predicted octanol–water partition coefficient (Wildman–Crippen LogP) is 1.57. The van der Waals surface area contributed by atoms with E-state index >= 15 is 0 Å². The van der Waals surface area contributed by atoms with Crippen molar-refractivity contribution in [2.45, 2.75) is 24.9 Å². The molecule has 0 amide bonds. The van der Waals surface area contributed by atoms with Crippen molar-refractivity contribution in [2.24, 2.45) is 0 Å². The Morgan fingerprint density at radius 2 is 2.15 bits per heavy atom. The van der Waals surface area contributed by atoms with Gasteiger partial charge in [-0.05, 0) is 23.7 Å². The first-order chi connectivity index (χ1) is 13.0. The van der Waals surface area contributed by atoms with Crippen molar-refractivity contribution in [2.75, 3.05) is 12.3 Å². The third-order valence-electron chi connectivity index (χ3n) is 4.32. The molecular formula is C17H16ClN5O4. The molecule has 0 spiro atoms. The molecule has 27 heavy (non-hydrogen) atoms. The van der Waals surface area contributed by atoms with Gasteiger partial charge >= 0.3 is 5.97 Å². The third-order valence-corrected chi connectivity index (χ3v) is 4.49. The number of esters is 1. The summed E-state index contributed by atoms with van der Waals surface area (Å²) in [5, 5.41) is 10.3. The average Bonchev–Trinajstić information content (AvgIpc) is 3.24. The summed E-state index contributed by atoms with van der Waals surface area (Å²) in [7, 11) is 0. The van der Waals surface area contributed by atoms with Crippen molar-refractivity contribution >= 4 is 34.6 Å². The normalized spacial score (nSPS) is 22.2. The first-order valence-electron chi connectivity index (χ1n) is 8.24. The molecule has 0 unspecified atom stereocenters. The smallest absolute Gasteiger partial charge is 0.338 e. The number of imidazole rings is 1. The van der Waals surface area contributed by atoms with Gasteiger partial charge in [-0.3, -0.25) is 4.57 Å². The van der Waals surface area contributed by atoms with Gasteiger partial charge in [0.1, 0.15) is 24.5 Å². The standard InChI is InChI=1S/C17H16ClN5O4/c18-17-21-14(19)13-15(22-17)23(8-20-13)12-6-10(24)11(27-12)7-26-16(25)9-4-2-1-3-5-9/h1-5,8,10-12,24H,6-7H2,(H2,19,21,22)/t10-,11+,12+/m0/s1. The highest BCUT2D eigenvalue weighted by atomic mass is 35.5. The number of nitrogen functional groups attached to an aromatic ring is 1. The van der Waals surface area contributed by atoms with E-state index in [-0.39, 0.29) is 24.1 Å². The van der Waals surface area contributed by atoms with Crippen LogP contribution >= 0.6 is 11.6 Å². The van der Waals surface area contributed by atoms with E-state index in [1.165, 1.54) is 6.33 Å². The molecule has 1 fully saturated rings. The van der Waals surface area contributed by atoms with Gasteiger partial charge in [0.15, 0.2) is 11.5 Å². The molecule has 1 aliphatic rings. The minimum Gasteiger partial charge on any atom is -0.459 e. The number of rotatable bonds is 4. The molecule has 140 valence electrons. The number of carbonyl (C=O) groups is 1. The molecule has 1 aromatic carbocycles. The minimum atomic E-state index is -0.814. The number of hydrogen-bond acceptors (Lipinski definition) is 8. The van der Waals surface area contributed by atoms with Crippen LogP contribution in [0.3, 0.4) is 0 Å². The highest BCUT2D eigenvalue weighted by molar-refractivity contribution is 6.28. The third kappa shape index (κ3) is 3.44. The second-order valence-corrected chi connectivity index (χ2v) is 6.44. The van der Waals surface area contributed by atoms with E-state index in [1.807, 2.05) is 6.07 Å². The van der Waals surface area contributed by atoms with Crippen LogP contribution in [0.5, 0.6) is 0 Å². The lowest BCUT2D eigenvalue weighted by atomic mass is 10.2. The molecule has 3 atom stereocenters. The van der Waals surface area contributed by atoms with Gasteiger partial charge in [-0.1, -0.05) is 18.2 Å². The van der Waals surface area contributed by atoms with E-state index in [1.54, 1.807) is 28.8 Å². The Morgan fingerprint density at radius 1 is 1.37 bits per heavy atom. The molecule has 3 aromatic rings. The Labute approximate surface area is 158 Å². The first-order valence-corrected chi connectivity index (χ1v) is 8.62. The van der Waals surface area contributed by atoms with Crippen molar-refractivity contribution in [3.63, 3.8) is 0 Å². The maximum Gasteiger partial charge on any atom is 0.338 e. The molecule has 0 saturated carbocycles. The summed E-state index contributed by atoms with van der Waals surface area (Å²) in [4.78, 5) is 24.2. The van der Waals surface area contributed by atoms with Crippen LogP contribution in [0.25, 0.3) is 11.2 Å². The average molecular weight is 390 g/mol. The molecule has 0 radical (unpaired) electrons. The zero-order valence-corrected chi connectivity index (χ0v) is 14.8. The fourth-order valence-electron chi connectivity index (χ4n) is 2.97. The Kier molecular flexibility index (Phi) is 4.65. The van der Waals surface area contributed by atoms with Gasteiger partial charge in [-0.25, -0.2) is 9.78 Å². The van der Waals surface area contributed by atoms with Gasteiger partial charge in [0.2, 0.25) is 5.28 Å². The summed E-state index contributed by atoms with van der Waals surface area (Å²) in [5.74, 6) is -0.314. The zero-order chi connectivity index (χ0) is 19.0. The van der Waals surface area contributed by atoms with E-state index in [0.29, 0.717) is 16.7 Å². The number of aliphatic hydroxyl groups is 1. The van der Waals surface area contributed by atoms with E-state index in [2.05, 4.69) is 15.0 Å². The molecule has 10 heteroatoms. The number of halogens is 1. The molecule has 0 bridgehead atoms. The maximum absolute atomic E-state index is 12.0. The van der Waals surface area contributed by atoms with Crippen LogP contribution in [0.2, 0.25) is 5.28 Å². The number of benzene rings is 1. The fraction of sp³-hybridized carbons (Fsp3) is 0.294. The summed E-state index contributed by atoms with van der Waals surface area (Å²) in [5.41, 5.74) is 7.04. The van der Waals surface area contributed by atoms with Crippen molar-refractivity contribution in [1.82, 2.24) is 19.5 Å². The van der Waals surface area contributed by atoms with E-state index < -0.39 is 24.4 Å². The lowest BCUT2D eigenvalue weighted by Gasteiger charge is -2.16. The number of ether oxygens (including phenoxy) is 2. The lowest BCUT2D eigenvalue weighted by molar-refractivity contribution is -0.0509. The van der Waals surface area contributed by atoms with Gasteiger partial charge in [0.05, 0.1) is 18.0 Å². The van der Waals surface area contributed by atoms with E-state index in [4.69, 9.17) is 26.8 Å². The second kappa shape index (κ2) is 7.10. The number of anilines is 1. The SMILES string of the molecule is Nc1nc(Cl)nc2c1ncn2[C@H]1C[C@H](O)[C@@H](COC(=O)c2ccccc2)O1. The number of aromatic nitrogens is 4. The first kappa shape index (κ1) is 17.7. The van der Waals surface area contributed by atoms with Crippen molar-refractivity contribution in [3.05, 3.63) is 47.5 Å². The van der Waals surface area contributed by atoms with Crippen LogP contribution in [0.1, 0.15) is 23.0 Å². The summed E-state index contributed by atoms with van der Waals surface area (Å²) in [6.07, 6.45) is -0.251. The summed E-state index contributed by atoms with van der Waals surface area (Å²) < 4.78 is 12.7. The molecule has 3 N–H and O–H groups in total. The summed E-state index contributed by atoms with van der Waals surface area (Å²) in [6, 6.07) is 8.61.